The largest absolute Gasteiger partial charge is 0.492 e. The van der Waals surface area contributed by atoms with Crippen molar-refractivity contribution >= 4 is 17.5 Å². The Balaban J connectivity index is 1.95. The van der Waals surface area contributed by atoms with Crippen molar-refractivity contribution in [3.63, 3.8) is 0 Å². The summed E-state index contributed by atoms with van der Waals surface area (Å²) in [4.78, 5) is 12.2. The molecule has 0 aromatic heterocycles. The van der Waals surface area contributed by atoms with Crippen LogP contribution in [-0.2, 0) is 4.79 Å². The molecule has 2 rings (SSSR count). The second-order valence-electron chi connectivity index (χ2n) is 5.72. The molecule has 104 valence electrons. The Morgan fingerprint density at radius 2 is 2.21 bits per heavy atom. The molecule has 4 heteroatoms. The lowest BCUT2D eigenvalue weighted by Gasteiger charge is -2.24. The van der Waals surface area contributed by atoms with Crippen molar-refractivity contribution in [2.75, 3.05) is 19.0 Å². The molecule has 0 spiro atoms. The Kier molecular flexibility index (Phi) is 4.35. The monoisotopic (exact) mass is 281 g/mol. The first-order chi connectivity index (χ1) is 9.03. The highest BCUT2D eigenvalue weighted by Crippen LogP contribution is 2.33. The molecule has 1 aromatic rings. The average molecular weight is 282 g/mol. The van der Waals surface area contributed by atoms with E-state index in [2.05, 4.69) is 19.2 Å². The van der Waals surface area contributed by atoms with E-state index in [4.69, 9.17) is 16.3 Å². The number of benzene rings is 1. The number of amides is 1. The maximum absolute atomic E-state index is 12.2. The minimum atomic E-state index is -0.192. The summed E-state index contributed by atoms with van der Waals surface area (Å²) in [6.07, 6.45) is 0.882. The fourth-order valence-corrected chi connectivity index (χ4v) is 2.69. The van der Waals surface area contributed by atoms with E-state index in [9.17, 15) is 4.79 Å². The highest BCUT2D eigenvalue weighted by atomic mass is 35.5. The Morgan fingerprint density at radius 1 is 1.47 bits per heavy atom. The van der Waals surface area contributed by atoms with Crippen LogP contribution in [0.3, 0.4) is 0 Å². The normalized spacial score (nSPS) is 17.7. The van der Waals surface area contributed by atoms with Gasteiger partial charge in [-0.15, -0.1) is 11.6 Å². The van der Waals surface area contributed by atoms with E-state index in [-0.39, 0.29) is 17.2 Å². The minimum Gasteiger partial charge on any atom is -0.492 e. The van der Waals surface area contributed by atoms with E-state index in [0.717, 1.165) is 17.7 Å². The van der Waals surface area contributed by atoms with Gasteiger partial charge in [0.15, 0.2) is 0 Å². The first-order valence-electron chi connectivity index (χ1n) is 6.59. The molecule has 0 aliphatic carbocycles. The Labute approximate surface area is 119 Å². The topological polar surface area (TPSA) is 38.3 Å². The SMILES string of the molecule is CC(C)(CCCl)CNC(=O)C1COc2ccccc21. The van der Waals surface area contributed by atoms with Crippen LogP contribution in [0, 0.1) is 5.41 Å². The average Bonchev–Trinajstić information content (AvgIpc) is 2.80. The molecule has 1 aliphatic heterocycles. The Hall–Kier alpha value is -1.22. The van der Waals surface area contributed by atoms with Crippen LogP contribution in [0.2, 0.25) is 0 Å². The highest BCUT2D eigenvalue weighted by molar-refractivity contribution is 6.17. The molecule has 1 atom stereocenters. The van der Waals surface area contributed by atoms with Gasteiger partial charge in [-0.25, -0.2) is 0 Å². The van der Waals surface area contributed by atoms with Crippen LogP contribution in [0.1, 0.15) is 31.7 Å². The molecule has 0 radical (unpaired) electrons. The molecule has 19 heavy (non-hydrogen) atoms. The lowest BCUT2D eigenvalue weighted by atomic mass is 9.90. The van der Waals surface area contributed by atoms with Crippen LogP contribution in [-0.4, -0.2) is 24.9 Å². The van der Waals surface area contributed by atoms with Gasteiger partial charge in [-0.3, -0.25) is 4.79 Å². The molecule has 1 heterocycles. The maximum atomic E-state index is 12.2. The highest BCUT2D eigenvalue weighted by Gasteiger charge is 2.30. The predicted octanol–water partition coefficient (Wildman–Crippen LogP) is 2.93. The summed E-state index contributed by atoms with van der Waals surface area (Å²) in [5, 5.41) is 3.01. The van der Waals surface area contributed by atoms with Crippen LogP contribution < -0.4 is 10.1 Å². The molecule has 1 amide bonds. The lowest BCUT2D eigenvalue weighted by Crippen LogP contribution is -2.37. The fourth-order valence-electron chi connectivity index (χ4n) is 2.17. The molecule has 1 N–H and O–H groups in total. The summed E-state index contributed by atoms with van der Waals surface area (Å²) in [6.45, 7) is 5.28. The fraction of sp³-hybridized carbons (Fsp3) is 0.533. The van der Waals surface area contributed by atoms with E-state index in [1.54, 1.807) is 0 Å². The minimum absolute atomic E-state index is 0.0242. The summed E-state index contributed by atoms with van der Waals surface area (Å²) in [6, 6.07) is 7.71. The number of para-hydroxylation sites is 1. The number of fused-ring (bicyclic) bond motifs is 1. The zero-order valence-corrected chi connectivity index (χ0v) is 12.2. The molecule has 0 bridgehead atoms. The Morgan fingerprint density at radius 3 is 2.95 bits per heavy atom. The number of hydrogen-bond donors (Lipinski definition) is 1. The molecule has 0 saturated carbocycles. The van der Waals surface area contributed by atoms with Crippen molar-refractivity contribution in [2.45, 2.75) is 26.2 Å². The van der Waals surface area contributed by atoms with Crippen molar-refractivity contribution < 1.29 is 9.53 Å². The van der Waals surface area contributed by atoms with Gasteiger partial charge >= 0.3 is 0 Å². The predicted molar refractivity (Wildman–Crippen MR) is 76.8 cm³/mol. The summed E-state index contributed by atoms with van der Waals surface area (Å²) in [5.74, 6) is 1.27. The first-order valence-corrected chi connectivity index (χ1v) is 7.12. The van der Waals surface area contributed by atoms with Crippen molar-refractivity contribution in [1.82, 2.24) is 5.32 Å². The van der Waals surface area contributed by atoms with E-state index < -0.39 is 0 Å². The smallest absolute Gasteiger partial charge is 0.231 e. The quantitative estimate of drug-likeness (QED) is 0.843. The number of nitrogens with one attached hydrogen (secondary N) is 1. The molecular formula is C15H20ClNO2. The van der Waals surface area contributed by atoms with Gasteiger partial charge in [0.2, 0.25) is 5.91 Å². The second-order valence-corrected chi connectivity index (χ2v) is 6.10. The van der Waals surface area contributed by atoms with Gasteiger partial charge in [0.05, 0.1) is 0 Å². The first kappa shape index (κ1) is 14.2. The molecule has 1 unspecified atom stereocenters. The lowest BCUT2D eigenvalue weighted by molar-refractivity contribution is -0.123. The van der Waals surface area contributed by atoms with Gasteiger partial charge < -0.3 is 10.1 Å². The summed E-state index contributed by atoms with van der Waals surface area (Å²) in [7, 11) is 0. The van der Waals surface area contributed by atoms with Crippen molar-refractivity contribution in [1.29, 1.82) is 0 Å². The third-order valence-corrected chi connectivity index (χ3v) is 3.72. The number of alkyl halides is 1. The summed E-state index contributed by atoms with van der Waals surface area (Å²) >= 11 is 5.76. The van der Waals surface area contributed by atoms with Crippen LogP contribution in [0.25, 0.3) is 0 Å². The number of hydrogen-bond acceptors (Lipinski definition) is 2. The zero-order chi connectivity index (χ0) is 13.9. The third-order valence-electron chi connectivity index (χ3n) is 3.53. The molecule has 0 saturated heterocycles. The van der Waals surface area contributed by atoms with Gasteiger partial charge in [0.1, 0.15) is 18.3 Å². The zero-order valence-electron chi connectivity index (χ0n) is 11.4. The van der Waals surface area contributed by atoms with Crippen LogP contribution in [0.5, 0.6) is 5.75 Å². The van der Waals surface area contributed by atoms with E-state index in [1.807, 2.05) is 24.3 Å². The van der Waals surface area contributed by atoms with Crippen molar-refractivity contribution in [3.05, 3.63) is 29.8 Å². The van der Waals surface area contributed by atoms with E-state index in [0.29, 0.717) is 19.0 Å². The van der Waals surface area contributed by atoms with Crippen molar-refractivity contribution in [3.8, 4) is 5.75 Å². The summed E-state index contributed by atoms with van der Waals surface area (Å²) < 4.78 is 5.53. The molecule has 0 fully saturated rings. The van der Waals surface area contributed by atoms with Gasteiger partial charge in [0, 0.05) is 18.0 Å². The second kappa shape index (κ2) is 5.83. The number of carbonyl (C=O) groups excluding carboxylic acids is 1. The van der Waals surface area contributed by atoms with Gasteiger partial charge in [-0.05, 0) is 17.9 Å². The van der Waals surface area contributed by atoms with Gasteiger partial charge in [-0.1, -0.05) is 32.0 Å². The summed E-state index contributed by atoms with van der Waals surface area (Å²) in [5.41, 5.74) is 1.01. The van der Waals surface area contributed by atoms with Crippen molar-refractivity contribution in [2.24, 2.45) is 5.41 Å². The van der Waals surface area contributed by atoms with Crippen LogP contribution >= 0.6 is 11.6 Å². The van der Waals surface area contributed by atoms with E-state index in [1.165, 1.54) is 0 Å². The number of rotatable bonds is 5. The van der Waals surface area contributed by atoms with Crippen LogP contribution in [0.15, 0.2) is 24.3 Å². The molecule has 1 aliphatic rings. The number of halogens is 1. The molecule has 1 aromatic carbocycles. The number of carbonyl (C=O) groups is 1. The molecule has 3 nitrogen and oxygen atoms in total. The third kappa shape index (κ3) is 3.41. The van der Waals surface area contributed by atoms with E-state index >= 15 is 0 Å². The van der Waals surface area contributed by atoms with Gasteiger partial charge in [0.25, 0.3) is 0 Å². The Bertz CT molecular complexity index is 459. The molecular weight excluding hydrogens is 262 g/mol. The van der Waals surface area contributed by atoms with Crippen LogP contribution in [0.4, 0.5) is 0 Å². The van der Waals surface area contributed by atoms with Gasteiger partial charge in [-0.2, -0.15) is 0 Å². The maximum Gasteiger partial charge on any atom is 0.231 e. The number of ether oxygens (including phenoxy) is 1. The standard InChI is InChI=1S/C15H20ClNO2/c1-15(2,7-8-16)10-17-14(18)12-9-19-13-6-4-3-5-11(12)13/h3-6,12H,7-10H2,1-2H3,(H,17,18).